The van der Waals surface area contributed by atoms with Crippen LogP contribution >= 0.6 is 0 Å². The number of carbonyl (C=O) groups excluding carboxylic acids is 2. The van der Waals surface area contributed by atoms with Gasteiger partial charge in [-0.1, -0.05) is 18.2 Å². The Hall–Kier alpha value is -3.06. The maximum absolute atomic E-state index is 12.5. The second-order valence-corrected chi connectivity index (χ2v) is 7.27. The number of amides is 2. The molecule has 0 unspecified atom stereocenters. The number of methoxy groups -OCH3 is 1. The van der Waals surface area contributed by atoms with Gasteiger partial charge < -0.3 is 25.4 Å². The summed E-state index contributed by atoms with van der Waals surface area (Å²) in [5.74, 6) is 0.395. The normalized spacial score (nSPS) is 12.4. The van der Waals surface area contributed by atoms with Crippen molar-refractivity contribution in [3.05, 3.63) is 58.7 Å². The molecule has 0 bridgehead atoms. The summed E-state index contributed by atoms with van der Waals surface area (Å²) in [5, 5.41) is 9.00. The van der Waals surface area contributed by atoms with Crippen molar-refractivity contribution in [2.24, 2.45) is 0 Å². The third kappa shape index (κ3) is 5.48. The Morgan fingerprint density at radius 3 is 2.62 bits per heavy atom. The maximum atomic E-state index is 12.5. The van der Waals surface area contributed by atoms with Gasteiger partial charge in [0, 0.05) is 31.2 Å². The SMILES string of the molecule is COc1cc(C(=O)NCc2ccc3c(c2)CNC3)ccc1OCC(=O)NC(C)C. The molecule has 1 aliphatic rings. The number of nitrogens with one attached hydrogen (secondary N) is 3. The molecule has 7 heteroatoms. The molecule has 0 aromatic heterocycles. The van der Waals surface area contributed by atoms with Crippen LogP contribution in [0, 0.1) is 0 Å². The van der Waals surface area contributed by atoms with E-state index < -0.39 is 0 Å². The second-order valence-electron chi connectivity index (χ2n) is 7.27. The smallest absolute Gasteiger partial charge is 0.258 e. The molecular weight excluding hydrogens is 370 g/mol. The average Bonchev–Trinajstić information content (AvgIpc) is 3.17. The topological polar surface area (TPSA) is 88.7 Å². The van der Waals surface area contributed by atoms with E-state index in [0.29, 0.717) is 23.6 Å². The van der Waals surface area contributed by atoms with Crippen LogP contribution in [0.5, 0.6) is 11.5 Å². The molecule has 29 heavy (non-hydrogen) atoms. The van der Waals surface area contributed by atoms with Gasteiger partial charge in [-0.15, -0.1) is 0 Å². The molecule has 2 aromatic carbocycles. The molecule has 0 fully saturated rings. The quantitative estimate of drug-likeness (QED) is 0.635. The Morgan fingerprint density at radius 1 is 1.07 bits per heavy atom. The molecule has 3 rings (SSSR count). The van der Waals surface area contributed by atoms with Crippen LogP contribution < -0.4 is 25.4 Å². The lowest BCUT2D eigenvalue weighted by atomic mass is 10.1. The fourth-order valence-corrected chi connectivity index (χ4v) is 3.18. The van der Waals surface area contributed by atoms with Crippen LogP contribution in [0.1, 0.15) is 40.9 Å². The minimum Gasteiger partial charge on any atom is -0.493 e. The summed E-state index contributed by atoms with van der Waals surface area (Å²) in [6.07, 6.45) is 0. The van der Waals surface area contributed by atoms with E-state index in [2.05, 4.69) is 28.1 Å². The van der Waals surface area contributed by atoms with E-state index in [-0.39, 0.29) is 24.5 Å². The lowest BCUT2D eigenvalue weighted by Crippen LogP contribution is -2.34. The van der Waals surface area contributed by atoms with Crippen LogP contribution in [0.25, 0.3) is 0 Å². The van der Waals surface area contributed by atoms with E-state index in [1.165, 1.54) is 18.2 Å². The van der Waals surface area contributed by atoms with Crippen molar-refractivity contribution < 1.29 is 19.1 Å². The van der Waals surface area contributed by atoms with Crippen molar-refractivity contribution in [2.75, 3.05) is 13.7 Å². The highest BCUT2D eigenvalue weighted by Crippen LogP contribution is 2.28. The monoisotopic (exact) mass is 397 g/mol. The first kappa shape index (κ1) is 20.7. The van der Waals surface area contributed by atoms with Crippen molar-refractivity contribution in [3.8, 4) is 11.5 Å². The third-order valence-electron chi connectivity index (χ3n) is 4.59. The Morgan fingerprint density at radius 2 is 1.86 bits per heavy atom. The number of benzene rings is 2. The number of ether oxygens (including phenoxy) is 2. The van der Waals surface area contributed by atoms with Crippen LogP contribution in [-0.2, 0) is 24.4 Å². The van der Waals surface area contributed by atoms with Crippen LogP contribution in [-0.4, -0.2) is 31.6 Å². The number of carbonyl (C=O) groups is 2. The van der Waals surface area contributed by atoms with Gasteiger partial charge >= 0.3 is 0 Å². The number of fused-ring (bicyclic) bond motifs is 1. The summed E-state index contributed by atoms with van der Waals surface area (Å²) in [7, 11) is 1.50. The molecule has 1 heterocycles. The second kappa shape index (κ2) is 9.43. The molecule has 7 nitrogen and oxygen atoms in total. The predicted octanol–water partition coefficient (Wildman–Crippen LogP) is 2.13. The first-order chi connectivity index (χ1) is 14.0. The summed E-state index contributed by atoms with van der Waals surface area (Å²) >= 11 is 0. The molecule has 0 aliphatic carbocycles. The molecule has 3 N–H and O–H groups in total. The van der Waals surface area contributed by atoms with E-state index in [1.807, 2.05) is 19.9 Å². The van der Waals surface area contributed by atoms with Gasteiger partial charge in [-0.2, -0.15) is 0 Å². The molecule has 0 saturated heterocycles. The van der Waals surface area contributed by atoms with Gasteiger partial charge in [-0.3, -0.25) is 9.59 Å². The third-order valence-corrected chi connectivity index (χ3v) is 4.59. The van der Waals surface area contributed by atoms with Gasteiger partial charge in [0.25, 0.3) is 11.8 Å². The number of rotatable bonds is 8. The largest absolute Gasteiger partial charge is 0.493 e. The van der Waals surface area contributed by atoms with Crippen molar-refractivity contribution in [1.82, 2.24) is 16.0 Å². The van der Waals surface area contributed by atoms with Gasteiger partial charge in [0.2, 0.25) is 0 Å². The fraction of sp³-hybridized carbons (Fsp3) is 0.364. The van der Waals surface area contributed by atoms with E-state index >= 15 is 0 Å². The van der Waals surface area contributed by atoms with Gasteiger partial charge in [-0.25, -0.2) is 0 Å². The minimum absolute atomic E-state index is 0.0426. The molecule has 0 atom stereocenters. The lowest BCUT2D eigenvalue weighted by Gasteiger charge is -2.13. The van der Waals surface area contributed by atoms with Crippen molar-refractivity contribution in [1.29, 1.82) is 0 Å². The zero-order valence-corrected chi connectivity index (χ0v) is 17.0. The van der Waals surface area contributed by atoms with E-state index in [0.717, 1.165) is 18.7 Å². The minimum atomic E-state index is -0.214. The first-order valence-corrected chi connectivity index (χ1v) is 9.66. The summed E-state index contributed by atoms with van der Waals surface area (Å²) in [4.78, 5) is 24.3. The molecule has 0 radical (unpaired) electrons. The highest BCUT2D eigenvalue weighted by atomic mass is 16.5. The van der Waals surface area contributed by atoms with Gasteiger partial charge in [0.1, 0.15) is 0 Å². The van der Waals surface area contributed by atoms with Crippen LogP contribution in [0.4, 0.5) is 0 Å². The van der Waals surface area contributed by atoms with Gasteiger partial charge in [0.15, 0.2) is 18.1 Å². The highest BCUT2D eigenvalue weighted by molar-refractivity contribution is 5.94. The zero-order valence-electron chi connectivity index (χ0n) is 17.0. The fourth-order valence-electron chi connectivity index (χ4n) is 3.18. The van der Waals surface area contributed by atoms with Crippen molar-refractivity contribution in [2.45, 2.75) is 39.5 Å². The van der Waals surface area contributed by atoms with E-state index in [1.54, 1.807) is 18.2 Å². The van der Waals surface area contributed by atoms with Gasteiger partial charge in [0.05, 0.1) is 7.11 Å². The summed E-state index contributed by atoms with van der Waals surface area (Å²) in [5.41, 5.74) is 4.11. The Kier molecular flexibility index (Phi) is 6.72. The van der Waals surface area contributed by atoms with Crippen LogP contribution in [0.15, 0.2) is 36.4 Å². The lowest BCUT2D eigenvalue weighted by molar-refractivity contribution is -0.123. The van der Waals surface area contributed by atoms with Gasteiger partial charge in [-0.05, 0) is 48.7 Å². The van der Waals surface area contributed by atoms with E-state index in [9.17, 15) is 9.59 Å². The average molecular weight is 397 g/mol. The molecule has 154 valence electrons. The zero-order chi connectivity index (χ0) is 20.8. The molecule has 2 amide bonds. The maximum Gasteiger partial charge on any atom is 0.258 e. The summed E-state index contributed by atoms with van der Waals surface area (Å²) < 4.78 is 10.8. The Balaban J connectivity index is 1.59. The summed E-state index contributed by atoms with van der Waals surface area (Å²) in [6, 6.07) is 11.2. The molecule has 1 aliphatic heterocycles. The molecule has 0 spiro atoms. The first-order valence-electron chi connectivity index (χ1n) is 9.66. The van der Waals surface area contributed by atoms with Crippen molar-refractivity contribution >= 4 is 11.8 Å². The standard InChI is InChI=1S/C22H27N3O4/c1-14(2)25-21(26)13-29-19-7-6-16(9-20(19)28-3)22(27)24-10-15-4-5-17-11-23-12-18(17)8-15/h4-9,14,23H,10-13H2,1-3H3,(H,24,27)(H,25,26). The van der Waals surface area contributed by atoms with Crippen LogP contribution in [0.2, 0.25) is 0 Å². The summed E-state index contributed by atoms with van der Waals surface area (Å²) in [6.45, 7) is 5.85. The van der Waals surface area contributed by atoms with Crippen molar-refractivity contribution in [3.63, 3.8) is 0 Å². The number of hydrogen-bond acceptors (Lipinski definition) is 5. The molecule has 2 aromatic rings. The molecular formula is C22H27N3O4. The van der Waals surface area contributed by atoms with Crippen LogP contribution in [0.3, 0.4) is 0 Å². The van der Waals surface area contributed by atoms with E-state index in [4.69, 9.17) is 9.47 Å². The predicted molar refractivity (Wildman–Crippen MR) is 110 cm³/mol. The highest BCUT2D eigenvalue weighted by Gasteiger charge is 2.14. The Labute approximate surface area is 170 Å². The number of hydrogen-bond donors (Lipinski definition) is 3. The Bertz CT molecular complexity index is 896. The molecule has 0 saturated carbocycles.